The molecule has 2 aliphatic carbocycles. The Morgan fingerprint density at radius 3 is 2.47 bits per heavy atom. The normalized spacial score (nSPS) is 23.3. The molecule has 0 heterocycles. The number of carbonyl (C=O) groups excluding carboxylic acids is 1. The second kappa shape index (κ2) is 4.12. The number of hydrogen-bond donors (Lipinski definition) is 1. The Bertz CT molecular complexity index is 238. The monoisotopic (exact) mass is 210 g/mol. The summed E-state index contributed by atoms with van der Waals surface area (Å²) >= 11 is 0. The van der Waals surface area contributed by atoms with Gasteiger partial charge < -0.3 is 10.6 Å². The molecule has 2 fully saturated rings. The van der Waals surface area contributed by atoms with Crippen molar-refractivity contribution < 1.29 is 4.79 Å². The van der Waals surface area contributed by atoms with Crippen LogP contribution in [0.5, 0.6) is 0 Å². The van der Waals surface area contributed by atoms with E-state index in [-0.39, 0.29) is 5.41 Å². The first-order chi connectivity index (χ1) is 7.22. The van der Waals surface area contributed by atoms with Gasteiger partial charge in [0, 0.05) is 19.6 Å². The SMILES string of the molecule is CCN(CC1CC1)C(=O)C1(CN)CCC1. The Kier molecular flexibility index (Phi) is 3.01. The molecule has 2 aliphatic rings. The highest BCUT2D eigenvalue weighted by atomic mass is 16.2. The van der Waals surface area contributed by atoms with Gasteiger partial charge in [0.25, 0.3) is 0 Å². The van der Waals surface area contributed by atoms with Crippen molar-refractivity contribution >= 4 is 5.91 Å². The second-order valence-corrected chi connectivity index (χ2v) is 5.13. The first-order valence-corrected chi connectivity index (χ1v) is 6.21. The standard InChI is InChI=1S/C12H22N2O/c1-2-14(8-10-4-5-10)11(15)12(9-13)6-3-7-12/h10H,2-9,13H2,1H3. The van der Waals surface area contributed by atoms with Gasteiger partial charge in [0.2, 0.25) is 5.91 Å². The molecule has 0 saturated heterocycles. The molecular weight excluding hydrogens is 188 g/mol. The summed E-state index contributed by atoms with van der Waals surface area (Å²) in [4.78, 5) is 14.4. The Balaban J connectivity index is 1.96. The zero-order chi connectivity index (χ0) is 10.9. The molecular formula is C12H22N2O. The third kappa shape index (κ3) is 2.03. The van der Waals surface area contributed by atoms with Gasteiger partial charge in [0.05, 0.1) is 5.41 Å². The minimum absolute atomic E-state index is 0.176. The summed E-state index contributed by atoms with van der Waals surface area (Å²) < 4.78 is 0. The number of amides is 1. The smallest absolute Gasteiger partial charge is 0.230 e. The minimum Gasteiger partial charge on any atom is -0.342 e. The number of rotatable bonds is 5. The maximum atomic E-state index is 12.3. The van der Waals surface area contributed by atoms with Gasteiger partial charge in [0.1, 0.15) is 0 Å². The molecule has 0 atom stereocenters. The highest BCUT2D eigenvalue weighted by Gasteiger charge is 2.45. The molecule has 3 heteroatoms. The Hall–Kier alpha value is -0.570. The summed E-state index contributed by atoms with van der Waals surface area (Å²) in [6, 6.07) is 0. The number of hydrogen-bond acceptors (Lipinski definition) is 2. The molecule has 0 radical (unpaired) electrons. The highest BCUT2D eigenvalue weighted by molar-refractivity contribution is 5.84. The zero-order valence-corrected chi connectivity index (χ0v) is 9.67. The van der Waals surface area contributed by atoms with Gasteiger partial charge in [-0.3, -0.25) is 4.79 Å². The van der Waals surface area contributed by atoms with Crippen LogP contribution in [0.3, 0.4) is 0 Å². The van der Waals surface area contributed by atoms with Crippen LogP contribution in [-0.2, 0) is 4.79 Å². The highest BCUT2D eigenvalue weighted by Crippen LogP contribution is 2.42. The molecule has 1 amide bonds. The molecule has 0 aromatic heterocycles. The van der Waals surface area contributed by atoms with E-state index >= 15 is 0 Å². The first-order valence-electron chi connectivity index (χ1n) is 6.21. The van der Waals surface area contributed by atoms with Crippen LogP contribution in [0.4, 0.5) is 0 Å². The molecule has 0 unspecified atom stereocenters. The van der Waals surface area contributed by atoms with Crippen LogP contribution in [0.15, 0.2) is 0 Å². The topological polar surface area (TPSA) is 46.3 Å². The summed E-state index contributed by atoms with van der Waals surface area (Å²) in [6.07, 6.45) is 5.79. The van der Waals surface area contributed by atoms with Crippen LogP contribution in [0.1, 0.15) is 39.0 Å². The van der Waals surface area contributed by atoms with E-state index in [1.165, 1.54) is 19.3 Å². The van der Waals surface area contributed by atoms with E-state index in [9.17, 15) is 4.79 Å². The Morgan fingerprint density at radius 2 is 2.13 bits per heavy atom. The van der Waals surface area contributed by atoms with Gasteiger partial charge >= 0.3 is 0 Å². The fraction of sp³-hybridized carbons (Fsp3) is 0.917. The van der Waals surface area contributed by atoms with Crippen molar-refractivity contribution in [1.29, 1.82) is 0 Å². The van der Waals surface area contributed by atoms with Gasteiger partial charge in [-0.15, -0.1) is 0 Å². The molecule has 2 N–H and O–H groups in total. The van der Waals surface area contributed by atoms with Crippen LogP contribution in [-0.4, -0.2) is 30.4 Å². The van der Waals surface area contributed by atoms with E-state index in [1.54, 1.807) is 0 Å². The summed E-state index contributed by atoms with van der Waals surface area (Å²) in [7, 11) is 0. The summed E-state index contributed by atoms with van der Waals surface area (Å²) in [5.41, 5.74) is 5.59. The van der Waals surface area contributed by atoms with E-state index in [4.69, 9.17) is 5.73 Å². The molecule has 0 aromatic rings. The average molecular weight is 210 g/mol. The molecule has 0 spiro atoms. The van der Waals surface area contributed by atoms with Crippen LogP contribution in [0, 0.1) is 11.3 Å². The zero-order valence-electron chi connectivity index (χ0n) is 9.67. The van der Waals surface area contributed by atoms with Gasteiger partial charge in [-0.05, 0) is 38.5 Å². The molecule has 2 rings (SSSR count). The fourth-order valence-corrected chi connectivity index (χ4v) is 2.41. The molecule has 3 nitrogen and oxygen atoms in total. The lowest BCUT2D eigenvalue weighted by molar-refractivity contribution is -0.146. The van der Waals surface area contributed by atoms with E-state index in [0.717, 1.165) is 31.8 Å². The molecule has 0 bridgehead atoms. The van der Waals surface area contributed by atoms with E-state index in [2.05, 4.69) is 6.92 Å². The number of nitrogens with two attached hydrogens (primary N) is 1. The predicted molar refractivity (Wildman–Crippen MR) is 60.3 cm³/mol. The molecule has 2 saturated carbocycles. The summed E-state index contributed by atoms with van der Waals surface area (Å²) in [6.45, 7) is 4.42. The molecule has 86 valence electrons. The van der Waals surface area contributed by atoms with E-state index in [1.807, 2.05) is 4.90 Å². The maximum Gasteiger partial charge on any atom is 0.230 e. The third-order valence-corrected chi connectivity index (χ3v) is 4.00. The van der Waals surface area contributed by atoms with Gasteiger partial charge in [-0.2, -0.15) is 0 Å². The minimum atomic E-state index is -0.176. The maximum absolute atomic E-state index is 12.3. The summed E-state index contributed by atoms with van der Waals surface area (Å²) in [5, 5.41) is 0. The number of nitrogens with zero attached hydrogens (tertiary/aromatic N) is 1. The van der Waals surface area contributed by atoms with Gasteiger partial charge in [0.15, 0.2) is 0 Å². The molecule has 0 aliphatic heterocycles. The van der Waals surface area contributed by atoms with Crippen molar-refractivity contribution in [2.45, 2.75) is 39.0 Å². The summed E-state index contributed by atoms with van der Waals surface area (Å²) in [5.74, 6) is 1.11. The van der Waals surface area contributed by atoms with Crippen LogP contribution < -0.4 is 5.73 Å². The average Bonchev–Trinajstić information content (AvgIpc) is 2.96. The van der Waals surface area contributed by atoms with Crippen molar-refractivity contribution in [2.24, 2.45) is 17.1 Å². The number of carbonyl (C=O) groups is 1. The molecule has 15 heavy (non-hydrogen) atoms. The van der Waals surface area contributed by atoms with Gasteiger partial charge in [-0.25, -0.2) is 0 Å². The fourth-order valence-electron chi connectivity index (χ4n) is 2.41. The largest absolute Gasteiger partial charge is 0.342 e. The first kappa shape index (κ1) is 10.9. The Morgan fingerprint density at radius 1 is 1.47 bits per heavy atom. The quantitative estimate of drug-likeness (QED) is 0.745. The lowest BCUT2D eigenvalue weighted by Gasteiger charge is -2.42. The van der Waals surface area contributed by atoms with Crippen molar-refractivity contribution in [3.05, 3.63) is 0 Å². The van der Waals surface area contributed by atoms with Crippen molar-refractivity contribution in [3.63, 3.8) is 0 Å². The van der Waals surface area contributed by atoms with Crippen molar-refractivity contribution in [2.75, 3.05) is 19.6 Å². The lowest BCUT2D eigenvalue weighted by Crippen LogP contribution is -2.52. The van der Waals surface area contributed by atoms with Crippen molar-refractivity contribution in [1.82, 2.24) is 4.90 Å². The molecule has 0 aromatic carbocycles. The Labute approximate surface area is 92.0 Å². The van der Waals surface area contributed by atoms with Crippen LogP contribution in [0.2, 0.25) is 0 Å². The second-order valence-electron chi connectivity index (χ2n) is 5.13. The third-order valence-electron chi connectivity index (χ3n) is 4.00. The predicted octanol–water partition coefficient (Wildman–Crippen LogP) is 1.37. The van der Waals surface area contributed by atoms with Crippen LogP contribution >= 0.6 is 0 Å². The van der Waals surface area contributed by atoms with E-state index in [0.29, 0.717) is 12.5 Å². The van der Waals surface area contributed by atoms with Crippen molar-refractivity contribution in [3.8, 4) is 0 Å². The lowest BCUT2D eigenvalue weighted by atomic mass is 9.68. The van der Waals surface area contributed by atoms with Gasteiger partial charge in [-0.1, -0.05) is 6.42 Å². The van der Waals surface area contributed by atoms with Crippen LogP contribution in [0.25, 0.3) is 0 Å². The van der Waals surface area contributed by atoms with E-state index < -0.39 is 0 Å².